The molecule has 0 radical (unpaired) electrons. The number of hydrogen-bond acceptors (Lipinski definition) is 4. The molecule has 0 saturated heterocycles. The van der Waals surface area contributed by atoms with Crippen molar-refractivity contribution in [3.8, 4) is 0 Å². The van der Waals surface area contributed by atoms with Crippen LogP contribution in [0.5, 0.6) is 0 Å². The maximum atomic E-state index is 12.3. The molecule has 0 fully saturated rings. The van der Waals surface area contributed by atoms with Gasteiger partial charge in [0.05, 0.1) is 6.04 Å². The molecule has 6 nitrogen and oxygen atoms in total. The SMILES string of the molecule is CCc1ccc([C@@H](C)NC(=O)COC(=O)CNC(=O)c2ccc3ccccc3c2)cc1. The first-order valence-corrected chi connectivity index (χ1v) is 10.3. The van der Waals surface area contributed by atoms with Crippen molar-refractivity contribution in [2.45, 2.75) is 26.3 Å². The highest BCUT2D eigenvalue weighted by Gasteiger charge is 2.13. The Labute approximate surface area is 181 Å². The largest absolute Gasteiger partial charge is 0.454 e. The molecule has 0 aromatic heterocycles. The standard InChI is InChI=1S/C25H26N2O4/c1-3-18-8-10-19(11-9-18)17(2)27-23(28)16-31-24(29)15-26-25(30)22-13-12-20-6-4-5-7-21(20)14-22/h4-14,17H,3,15-16H2,1-2H3,(H,26,30)(H,27,28)/t17-/m1/s1. The van der Waals surface area contributed by atoms with Crippen molar-refractivity contribution >= 4 is 28.6 Å². The lowest BCUT2D eigenvalue weighted by molar-refractivity contribution is -0.147. The molecule has 0 bridgehead atoms. The van der Waals surface area contributed by atoms with Crippen LogP contribution in [0, 0.1) is 0 Å². The second kappa shape index (κ2) is 10.4. The first-order valence-electron chi connectivity index (χ1n) is 10.3. The number of ether oxygens (including phenoxy) is 1. The fourth-order valence-corrected chi connectivity index (χ4v) is 3.19. The summed E-state index contributed by atoms with van der Waals surface area (Å²) >= 11 is 0. The van der Waals surface area contributed by atoms with Gasteiger partial charge < -0.3 is 15.4 Å². The molecule has 1 atom stereocenters. The van der Waals surface area contributed by atoms with Crippen LogP contribution < -0.4 is 10.6 Å². The van der Waals surface area contributed by atoms with Crippen molar-refractivity contribution in [2.75, 3.05) is 13.2 Å². The fraction of sp³-hybridized carbons (Fsp3) is 0.240. The number of aryl methyl sites for hydroxylation is 1. The van der Waals surface area contributed by atoms with E-state index in [0.717, 1.165) is 22.8 Å². The Balaban J connectivity index is 1.42. The molecule has 3 rings (SSSR count). The molecule has 0 unspecified atom stereocenters. The average Bonchev–Trinajstić information content (AvgIpc) is 2.80. The molecule has 6 heteroatoms. The lowest BCUT2D eigenvalue weighted by Gasteiger charge is -2.15. The number of rotatable bonds is 8. The average molecular weight is 418 g/mol. The van der Waals surface area contributed by atoms with Gasteiger partial charge in [0.15, 0.2) is 6.61 Å². The van der Waals surface area contributed by atoms with Crippen molar-refractivity contribution in [3.63, 3.8) is 0 Å². The molecular weight excluding hydrogens is 392 g/mol. The molecule has 0 spiro atoms. The number of esters is 1. The van der Waals surface area contributed by atoms with Gasteiger partial charge >= 0.3 is 5.97 Å². The minimum atomic E-state index is -0.677. The van der Waals surface area contributed by atoms with Crippen LogP contribution in [0.2, 0.25) is 0 Å². The molecule has 0 aliphatic rings. The summed E-state index contributed by atoms with van der Waals surface area (Å²) in [6, 6.07) is 20.8. The van der Waals surface area contributed by atoms with Gasteiger partial charge in [-0.05, 0) is 47.4 Å². The molecular formula is C25H26N2O4. The number of fused-ring (bicyclic) bond motifs is 1. The Morgan fingerprint density at radius 2 is 1.65 bits per heavy atom. The third-order valence-corrected chi connectivity index (χ3v) is 5.03. The molecule has 3 aromatic rings. The Bertz CT molecular complexity index is 1080. The van der Waals surface area contributed by atoms with Gasteiger partial charge in [-0.3, -0.25) is 14.4 Å². The van der Waals surface area contributed by atoms with E-state index in [1.807, 2.05) is 61.5 Å². The Hall–Kier alpha value is -3.67. The van der Waals surface area contributed by atoms with E-state index in [0.29, 0.717) is 5.56 Å². The molecule has 0 saturated carbocycles. The van der Waals surface area contributed by atoms with Gasteiger partial charge in [0, 0.05) is 5.56 Å². The normalized spacial score (nSPS) is 11.5. The van der Waals surface area contributed by atoms with E-state index in [1.54, 1.807) is 12.1 Å². The van der Waals surface area contributed by atoms with Crippen molar-refractivity contribution in [2.24, 2.45) is 0 Å². The first-order chi connectivity index (χ1) is 15.0. The van der Waals surface area contributed by atoms with E-state index in [1.165, 1.54) is 5.56 Å². The maximum absolute atomic E-state index is 12.3. The second-order valence-electron chi connectivity index (χ2n) is 7.29. The predicted molar refractivity (Wildman–Crippen MR) is 120 cm³/mol. The van der Waals surface area contributed by atoms with Crippen LogP contribution in [-0.4, -0.2) is 30.9 Å². The van der Waals surface area contributed by atoms with E-state index >= 15 is 0 Å². The number of amides is 2. The van der Waals surface area contributed by atoms with Gasteiger partial charge in [-0.25, -0.2) is 0 Å². The summed E-state index contributed by atoms with van der Waals surface area (Å²) in [5, 5.41) is 7.28. The fourth-order valence-electron chi connectivity index (χ4n) is 3.19. The van der Waals surface area contributed by atoms with Gasteiger partial charge in [-0.2, -0.15) is 0 Å². The lowest BCUT2D eigenvalue weighted by atomic mass is 10.1. The summed E-state index contributed by atoms with van der Waals surface area (Å²) in [6.45, 7) is 3.23. The number of carbonyl (C=O) groups excluding carboxylic acids is 3. The topological polar surface area (TPSA) is 84.5 Å². The summed E-state index contributed by atoms with van der Waals surface area (Å²) in [5.74, 6) is -1.46. The zero-order valence-corrected chi connectivity index (χ0v) is 17.7. The van der Waals surface area contributed by atoms with Crippen LogP contribution >= 0.6 is 0 Å². The smallest absolute Gasteiger partial charge is 0.325 e. The van der Waals surface area contributed by atoms with Gasteiger partial charge in [0.1, 0.15) is 6.54 Å². The zero-order valence-electron chi connectivity index (χ0n) is 17.7. The quantitative estimate of drug-likeness (QED) is 0.548. The first kappa shape index (κ1) is 22.0. The third-order valence-electron chi connectivity index (χ3n) is 5.03. The van der Waals surface area contributed by atoms with Crippen LogP contribution in [-0.2, 0) is 20.7 Å². The van der Waals surface area contributed by atoms with Crippen LogP contribution in [0.25, 0.3) is 10.8 Å². The summed E-state index contributed by atoms with van der Waals surface area (Å²) in [7, 11) is 0. The van der Waals surface area contributed by atoms with Gasteiger partial charge in [-0.15, -0.1) is 0 Å². The number of nitrogens with one attached hydrogen (secondary N) is 2. The van der Waals surface area contributed by atoms with E-state index < -0.39 is 18.5 Å². The van der Waals surface area contributed by atoms with Crippen molar-refractivity contribution in [1.82, 2.24) is 10.6 Å². The Morgan fingerprint density at radius 3 is 2.35 bits per heavy atom. The van der Waals surface area contributed by atoms with Crippen molar-refractivity contribution in [1.29, 1.82) is 0 Å². The molecule has 2 amide bonds. The van der Waals surface area contributed by atoms with E-state index in [9.17, 15) is 14.4 Å². The molecule has 3 aromatic carbocycles. The van der Waals surface area contributed by atoms with Crippen molar-refractivity contribution < 1.29 is 19.1 Å². The Kier molecular flexibility index (Phi) is 7.38. The molecule has 0 aliphatic carbocycles. The Morgan fingerprint density at radius 1 is 0.935 bits per heavy atom. The minimum Gasteiger partial charge on any atom is -0.454 e. The monoisotopic (exact) mass is 418 g/mol. The lowest BCUT2D eigenvalue weighted by Crippen LogP contribution is -2.34. The van der Waals surface area contributed by atoms with Gasteiger partial charge in [0.25, 0.3) is 11.8 Å². The number of hydrogen-bond donors (Lipinski definition) is 2. The van der Waals surface area contributed by atoms with E-state index in [2.05, 4.69) is 17.6 Å². The summed E-state index contributed by atoms with van der Waals surface area (Å²) < 4.78 is 4.97. The number of carbonyl (C=O) groups is 3. The molecule has 31 heavy (non-hydrogen) atoms. The second-order valence-corrected chi connectivity index (χ2v) is 7.29. The minimum absolute atomic E-state index is 0.204. The maximum Gasteiger partial charge on any atom is 0.325 e. The summed E-state index contributed by atoms with van der Waals surface area (Å²) in [4.78, 5) is 36.2. The van der Waals surface area contributed by atoms with Crippen LogP contribution in [0.1, 0.15) is 41.4 Å². The molecule has 0 aliphatic heterocycles. The van der Waals surface area contributed by atoms with Crippen LogP contribution in [0.3, 0.4) is 0 Å². The molecule has 2 N–H and O–H groups in total. The highest BCUT2D eigenvalue weighted by atomic mass is 16.5. The number of benzene rings is 3. The molecule has 0 heterocycles. The predicted octanol–water partition coefficient (Wildman–Crippen LogP) is 3.55. The van der Waals surface area contributed by atoms with Crippen LogP contribution in [0.15, 0.2) is 66.7 Å². The van der Waals surface area contributed by atoms with Gasteiger partial charge in [-0.1, -0.05) is 61.5 Å². The van der Waals surface area contributed by atoms with Crippen LogP contribution in [0.4, 0.5) is 0 Å². The zero-order chi connectivity index (χ0) is 22.2. The molecule has 160 valence electrons. The summed E-state index contributed by atoms with van der Waals surface area (Å²) in [5.41, 5.74) is 2.65. The third kappa shape index (κ3) is 6.15. The van der Waals surface area contributed by atoms with Gasteiger partial charge in [0.2, 0.25) is 0 Å². The summed E-state index contributed by atoms with van der Waals surface area (Å²) in [6.07, 6.45) is 0.953. The van der Waals surface area contributed by atoms with E-state index in [-0.39, 0.29) is 18.5 Å². The van der Waals surface area contributed by atoms with Crippen molar-refractivity contribution in [3.05, 3.63) is 83.4 Å². The highest BCUT2D eigenvalue weighted by molar-refractivity contribution is 5.99. The van der Waals surface area contributed by atoms with E-state index in [4.69, 9.17) is 4.74 Å². The highest BCUT2D eigenvalue weighted by Crippen LogP contribution is 2.16.